The summed E-state index contributed by atoms with van der Waals surface area (Å²) in [5.74, 6) is -0.390. The van der Waals surface area contributed by atoms with Crippen LogP contribution in [0.3, 0.4) is 0 Å². The zero-order valence-corrected chi connectivity index (χ0v) is 11.6. The van der Waals surface area contributed by atoms with Crippen LogP contribution in [0.25, 0.3) is 11.1 Å². The second-order valence-corrected chi connectivity index (χ2v) is 4.46. The van der Waals surface area contributed by atoms with Crippen LogP contribution >= 0.6 is 0 Å². The minimum Gasteiger partial charge on any atom is -0.466 e. The zero-order valence-electron chi connectivity index (χ0n) is 11.6. The summed E-state index contributed by atoms with van der Waals surface area (Å²) in [4.78, 5) is 22.3. The molecule has 0 unspecified atom stereocenters. The van der Waals surface area contributed by atoms with Crippen molar-refractivity contribution in [3.63, 3.8) is 0 Å². The van der Waals surface area contributed by atoms with Crippen LogP contribution in [0.5, 0.6) is 0 Å². The Morgan fingerprint density at radius 1 is 1.19 bits per heavy atom. The third-order valence-corrected chi connectivity index (χ3v) is 3.00. The predicted octanol–water partition coefficient (Wildman–Crippen LogP) is 3.37. The first-order chi connectivity index (χ1) is 10.1. The summed E-state index contributed by atoms with van der Waals surface area (Å²) < 4.78 is 4.85. The van der Waals surface area contributed by atoms with E-state index in [1.165, 1.54) is 6.07 Å². The molecule has 2 rings (SSSR count). The Labute approximate surface area is 122 Å². The van der Waals surface area contributed by atoms with Gasteiger partial charge in [0.25, 0.3) is 5.69 Å². The van der Waals surface area contributed by atoms with E-state index in [4.69, 9.17) is 4.74 Å². The number of nitro groups is 1. The molecule has 0 saturated carbocycles. The van der Waals surface area contributed by atoms with E-state index in [-0.39, 0.29) is 18.1 Å². The number of hydrogen-bond acceptors (Lipinski definition) is 4. The first-order valence-electron chi connectivity index (χ1n) is 6.60. The smallest absolute Gasteiger partial charge is 0.310 e. The number of esters is 1. The number of nitrogens with zero attached hydrogens (tertiary/aromatic N) is 1. The molecule has 5 nitrogen and oxygen atoms in total. The summed E-state index contributed by atoms with van der Waals surface area (Å²) in [7, 11) is 0. The van der Waals surface area contributed by atoms with Crippen molar-refractivity contribution in [3.05, 3.63) is 64.2 Å². The molecule has 2 aromatic rings. The molecule has 108 valence electrons. The van der Waals surface area contributed by atoms with Gasteiger partial charge < -0.3 is 4.74 Å². The van der Waals surface area contributed by atoms with Crippen LogP contribution in [0.1, 0.15) is 12.5 Å². The minimum absolute atomic E-state index is 0.0111. The lowest BCUT2D eigenvalue weighted by molar-refractivity contribution is -0.384. The van der Waals surface area contributed by atoms with Gasteiger partial charge in [-0.05, 0) is 24.1 Å². The lowest BCUT2D eigenvalue weighted by atomic mass is 10.0. The Balaban J connectivity index is 2.36. The second-order valence-electron chi connectivity index (χ2n) is 4.46. The van der Waals surface area contributed by atoms with Crippen LogP contribution in [-0.2, 0) is 16.0 Å². The van der Waals surface area contributed by atoms with Crippen LogP contribution in [0.4, 0.5) is 5.69 Å². The third kappa shape index (κ3) is 3.66. The highest BCUT2D eigenvalue weighted by molar-refractivity contribution is 5.77. The monoisotopic (exact) mass is 285 g/mol. The van der Waals surface area contributed by atoms with E-state index in [0.29, 0.717) is 17.7 Å². The molecule has 0 atom stereocenters. The lowest BCUT2D eigenvalue weighted by Crippen LogP contribution is -2.07. The van der Waals surface area contributed by atoms with E-state index < -0.39 is 4.92 Å². The first kappa shape index (κ1) is 14.7. The molecular weight excluding hydrogens is 270 g/mol. The second kappa shape index (κ2) is 6.65. The fraction of sp³-hybridized carbons (Fsp3) is 0.188. The van der Waals surface area contributed by atoms with Crippen LogP contribution in [0.15, 0.2) is 48.5 Å². The van der Waals surface area contributed by atoms with Crippen LogP contribution in [0, 0.1) is 10.1 Å². The van der Waals surface area contributed by atoms with Gasteiger partial charge in [0.05, 0.1) is 23.5 Å². The van der Waals surface area contributed by atoms with Crippen molar-refractivity contribution >= 4 is 11.7 Å². The largest absolute Gasteiger partial charge is 0.466 e. The quantitative estimate of drug-likeness (QED) is 0.480. The van der Waals surface area contributed by atoms with E-state index >= 15 is 0 Å². The molecule has 0 aliphatic carbocycles. The number of carbonyl (C=O) groups excluding carboxylic acids is 1. The van der Waals surface area contributed by atoms with Gasteiger partial charge in [-0.15, -0.1) is 0 Å². The molecule has 0 aromatic heterocycles. The number of rotatable bonds is 5. The van der Waals surface area contributed by atoms with Gasteiger partial charge in [0, 0.05) is 6.07 Å². The Bertz CT molecular complexity index is 653. The van der Waals surface area contributed by atoms with Gasteiger partial charge in [-0.3, -0.25) is 14.9 Å². The Morgan fingerprint density at radius 3 is 2.52 bits per heavy atom. The third-order valence-electron chi connectivity index (χ3n) is 3.00. The maximum atomic E-state index is 11.5. The standard InChI is InChI=1S/C16H15NO4/c1-2-21-16(18)11-12-8-9-14(15(10-12)17(19)20)13-6-4-3-5-7-13/h3-10H,2,11H2,1H3. The number of benzene rings is 2. The number of carbonyl (C=O) groups is 1. The SMILES string of the molecule is CCOC(=O)Cc1ccc(-c2ccccc2)c([N+](=O)[O-])c1. The highest BCUT2D eigenvalue weighted by atomic mass is 16.6. The Hall–Kier alpha value is -2.69. The Morgan fingerprint density at radius 2 is 1.90 bits per heavy atom. The van der Waals surface area contributed by atoms with Crippen molar-refractivity contribution in [3.8, 4) is 11.1 Å². The molecular formula is C16H15NO4. The molecule has 2 aromatic carbocycles. The average Bonchev–Trinajstić information content (AvgIpc) is 2.48. The molecule has 5 heteroatoms. The topological polar surface area (TPSA) is 69.4 Å². The number of nitro benzene ring substituents is 1. The van der Waals surface area contributed by atoms with Crippen LogP contribution in [0.2, 0.25) is 0 Å². The van der Waals surface area contributed by atoms with Crippen molar-refractivity contribution in [1.29, 1.82) is 0 Å². The van der Waals surface area contributed by atoms with E-state index in [1.54, 1.807) is 19.1 Å². The number of hydrogen-bond donors (Lipinski definition) is 0. The van der Waals surface area contributed by atoms with Gasteiger partial charge in [0.1, 0.15) is 0 Å². The molecule has 0 aliphatic heterocycles. The predicted molar refractivity (Wildman–Crippen MR) is 78.9 cm³/mol. The van der Waals surface area contributed by atoms with Gasteiger partial charge in [-0.25, -0.2) is 0 Å². The van der Waals surface area contributed by atoms with Gasteiger partial charge in [0.15, 0.2) is 0 Å². The summed E-state index contributed by atoms with van der Waals surface area (Å²) in [5, 5.41) is 11.2. The van der Waals surface area contributed by atoms with Gasteiger partial charge >= 0.3 is 5.97 Å². The highest BCUT2D eigenvalue weighted by Gasteiger charge is 2.17. The molecule has 0 bridgehead atoms. The zero-order chi connectivity index (χ0) is 15.2. The molecule has 0 N–H and O–H groups in total. The molecule has 0 aliphatic rings. The first-order valence-corrected chi connectivity index (χ1v) is 6.60. The normalized spacial score (nSPS) is 10.1. The van der Waals surface area contributed by atoms with Crippen molar-refractivity contribution in [2.75, 3.05) is 6.61 Å². The molecule has 0 amide bonds. The van der Waals surface area contributed by atoms with E-state index in [0.717, 1.165) is 5.56 Å². The maximum Gasteiger partial charge on any atom is 0.310 e. The van der Waals surface area contributed by atoms with E-state index in [9.17, 15) is 14.9 Å². The Kier molecular flexibility index (Phi) is 4.66. The highest BCUT2D eigenvalue weighted by Crippen LogP contribution is 2.30. The van der Waals surface area contributed by atoms with Gasteiger partial charge in [0.2, 0.25) is 0 Å². The lowest BCUT2D eigenvalue weighted by Gasteiger charge is -2.06. The van der Waals surface area contributed by atoms with Crippen molar-refractivity contribution in [1.82, 2.24) is 0 Å². The summed E-state index contributed by atoms with van der Waals surface area (Å²) in [5.41, 5.74) is 1.86. The fourth-order valence-corrected chi connectivity index (χ4v) is 2.08. The molecule has 0 heterocycles. The van der Waals surface area contributed by atoms with Gasteiger partial charge in [-0.1, -0.05) is 36.4 Å². The maximum absolute atomic E-state index is 11.5. The molecule has 0 saturated heterocycles. The van der Waals surface area contributed by atoms with Crippen molar-refractivity contribution in [2.45, 2.75) is 13.3 Å². The fourth-order valence-electron chi connectivity index (χ4n) is 2.08. The van der Waals surface area contributed by atoms with Crippen LogP contribution < -0.4 is 0 Å². The minimum atomic E-state index is -0.434. The summed E-state index contributed by atoms with van der Waals surface area (Å²) in [6, 6.07) is 13.9. The van der Waals surface area contributed by atoms with Crippen molar-refractivity contribution < 1.29 is 14.5 Å². The molecule has 0 fully saturated rings. The molecule has 0 radical (unpaired) electrons. The molecule has 21 heavy (non-hydrogen) atoms. The number of ether oxygens (including phenoxy) is 1. The van der Waals surface area contributed by atoms with Gasteiger partial charge in [-0.2, -0.15) is 0 Å². The van der Waals surface area contributed by atoms with Crippen molar-refractivity contribution in [2.24, 2.45) is 0 Å². The van der Waals surface area contributed by atoms with E-state index in [1.807, 2.05) is 30.3 Å². The summed E-state index contributed by atoms with van der Waals surface area (Å²) in [6.07, 6.45) is 0.0315. The summed E-state index contributed by atoms with van der Waals surface area (Å²) >= 11 is 0. The summed E-state index contributed by atoms with van der Waals surface area (Å²) in [6.45, 7) is 2.02. The molecule has 0 spiro atoms. The average molecular weight is 285 g/mol. The van der Waals surface area contributed by atoms with E-state index in [2.05, 4.69) is 0 Å². The van der Waals surface area contributed by atoms with Crippen LogP contribution in [-0.4, -0.2) is 17.5 Å².